The highest BCUT2D eigenvalue weighted by Gasteiger charge is 2.19. The van der Waals surface area contributed by atoms with Crippen LogP contribution in [0.15, 0.2) is 42.5 Å². The highest BCUT2D eigenvalue weighted by atomic mass is 16.3. The van der Waals surface area contributed by atoms with E-state index >= 15 is 0 Å². The van der Waals surface area contributed by atoms with Crippen molar-refractivity contribution < 1.29 is 14.7 Å². The molecule has 2 aromatic rings. The third kappa shape index (κ3) is 2.21. The highest BCUT2D eigenvalue weighted by Crippen LogP contribution is 2.26. The summed E-state index contributed by atoms with van der Waals surface area (Å²) in [6.45, 7) is 0. The van der Waals surface area contributed by atoms with Crippen molar-refractivity contribution in [3.63, 3.8) is 0 Å². The number of carbonyl (C=O) groups excluding carboxylic acids is 2. The largest absolute Gasteiger partial charge is 0.506 e. The quantitative estimate of drug-likeness (QED) is 0.730. The number of phenols is 1. The molecule has 2 amide bonds. The van der Waals surface area contributed by atoms with Crippen LogP contribution in [0.4, 0.5) is 11.4 Å². The summed E-state index contributed by atoms with van der Waals surface area (Å²) in [5, 5.41) is 15.0. The van der Waals surface area contributed by atoms with Crippen LogP contribution in [0.25, 0.3) is 0 Å². The Hall–Kier alpha value is -2.82. The molecule has 100 valence electrons. The van der Waals surface area contributed by atoms with Crippen molar-refractivity contribution in [3.05, 3.63) is 53.6 Å². The SMILES string of the molecule is O=C1Cc2ccc(C(=O)Nc3ccccc3O)cc2N1. The molecule has 0 atom stereocenters. The van der Waals surface area contributed by atoms with Crippen molar-refractivity contribution in [2.24, 2.45) is 0 Å². The number of hydrogen-bond donors (Lipinski definition) is 3. The van der Waals surface area contributed by atoms with Crippen LogP contribution in [0, 0.1) is 0 Å². The predicted molar refractivity (Wildman–Crippen MR) is 74.8 cm³/mol. The molecule has 3 rings (SSSR count). The van der Waals surface area contributed by atoms with Crippen LogP contribution >= 0.6 is 0 Å². The Morgan fingerprint density at radius 2 is 2.00 bits per heavy atom. The van der Waals surface area contributed by atoms with Gasteiger partial charge in [-0.1, -0.05) is 18.2 Å². The molecule has 0 spiro atoms. The number of rotatable bonds is 2. The van der Waals surface area contributed by atoms with Crippen molar-refractivity contribution in [1.29, 1.82) is 0 Å². The molecule has 1 heterocycles. The Bertz CT molecular complexity index is 710. The number of fused-ring (bicyclic) bond motifs is 1. The van der Waals surface area contributed by atoms with Crippen LogP contribution in [-0.2, 0) is 11.2 Å². The van der Waals surface area contributed by atoms with E-state index in [-0.39, 0.29) is 17.6 Å². The first-order valence-corrected chi connectivity index (χ1v) is 6.15. The van der Waals surface area contributed by atoms with E-state index in [1.165, 1.54) is 6.07 Å². The molecule has 0 unspecified atom stereocenters. The number of nitrogens with one attached hydrogen (secondary N) is 2. The van der Waals surface area contributed by atoms with Crippen LogP contribution in [-0.4, -0.2) is 16.9 Å². The van der Waals surface area contributed by atoms with Crippen LogP contribution < -0.4 is 10.6 Å². The Balaban J connectivity index is 1.84. The zero-order valence-electron chi connectivity index (χ0n) is 10.5. The first-order valence-electron chi connectivity index (χ1n) is 6.15. The maximum Gasteiger partial charge on any atom is 0.255 e. The number of carbonyl (C=O) groups is 2. The van der Waals surface area contributed by atoms with Crippen molar-refractivity contribution in [2.75, 3.05) is 10.6 Å². The van der Waals surface area contributed by atoms with Crippen molar-refractivity contribution in [3.8, 4) is 5.75 Å². The van der Waals surface area contributed by atoms with Gasteiger partial charge in [-0.25, -0.2) is 0 Å². The van der Waals surface area contributed by atoms with Gasteiger partial charge in [0.1, 0.15) is 5.75 Å². The maximum absolute atomic E-state index is 12.1. The van der Waals surface area contributed by atoms with Gasteiger partial charge in [0.05, 0.1) is 12.1 Å². The Kier molecular flexibility index (Phi) is 2.87. The smallest absolute Gasteiger partial charge is 0.255 e. The summed E-state index contributed by atoms with van der Waals surface area (Å²) in [5.41, 5.74) is 2.32. The summed E-state index contributed by atoms with van der Waals surface area (Å²) in [5.74, 6) is -0.399. The minimum atomic E-state index is -0.338. The third-order valence-electron chi connectivity index (χ3n) is 3.15. The number of aromatic hydroxyl groups is 1. The molecule has 0 saturated heterocycles. The van der Waals surface area contributed by atoms with Gasteiger partial charge in [0, 0.05) is 11.3 Å². The first kappa shape index (κ1) is 12.2. The van der Waals surface area contributed by atoms with Gasteiger partial charge >= 0.3 is 0 Å². The van der Waals surface area contributed by atoms with E-state index in [9.17, 15) is 14.7 Å². The average Bonchev–Trinajstić information content (AvgIpc) is 2.80. The monoisotopic (exact) mass is 268 g/mol. The molecule has 0 radical (unpaired) electrons. The molecule has 5 heteroatoms. The number of phenolic OH excluding ortho intramolecular Hbond substituents is 1. The molecule has 1 aliphatic heterocycles. The van der Waals surface area contributed by atoms with E-state index in [0.29, 0.717) is 23.4 Å². The lowest BCUT2D eigenvalue weighted by Gasteiger charge is -2.08. The van der Waals surface area contributed by atoms with Gasteiger partial charge in [-0.15, -0.1) is 0 Å². The fraction of sp³-hybridized carbons (Fsp3) is 0.0667. The van der Waals surface area contributed by atoms with E-state index in [1.54, 1.807) is 36.4 Å². The predicted octanol–water partition coefficient (Wildman–Crippen LogP) is 2.14. The summed E-state index contributed by atoms with van der Waals surface area (Å²) in [6.07, 6.45) is 0.344. The van der Waals surface area contributed by atoms with Gasteiger partial charge in [0.2, 0.25) is 5.91 Å². The zero-order valence-corrected chi connectivity index (χ0v) is 10.5. The van der Waals surface area contributed by atoms with Crippen LogP contribution in [0.2, 0.25) is 0 Å². The van der Waals surface area contributed by atoms with Gasteiger partial charge in [-0.3, -0.25) is 9.59 Å². The fourth-order valence-electron chi connectivity index (χ4n) is 2.13. The van der Waals surface area contributed by atoms with E-state index < -0.39 is 0 Å². The summed E-state index contributed by atoms with van der Waals surface area (Å²) in [6, 6.07) is 11.6. The lowest BCUT2D eigenvalue weighted by molar-refractivity contribution is -0.115. The van der Waals surface area contributed by atoms with Crippen molar-refractivity contribution in [2.45, 2.75) is 6.42 Å². The van der Waals surface area contributed by atoms with Crippen molar-refractivity contribution >= 4 is 23.2 Å². The topological polar surface area (TPSA) is 78.4 Å². The minimum Gasteiger partial charge on any atom is -0.506 e. The van der Waals surface area contributed by atoms with Crippen LogP contribution in [0.5, 0.6) is 5.75 Å². The van der Waals surface area contributed by atoms with Gasteiger partial charge in [-0.05, 0) is 29.8 Å². The summed E-state index contributed by atoms with van der Waals surface area (Å²) in [7, 11) is 0. The van der Waals surface area contributed by atoms with E-state index in [4.69, 9.17) is 0 Å². The molecule has 0 aliphatic carbocycles. The second-order valence-corrected chi connectivity index (χ2v) is 4.57. The molecule has 0 aromatic heterocycles. The molecule has 0 fully saturated rings. The number of amides is 2. The first-order chi connectivity index (χ1) is 9.63. The standard InChI is InChI=1S/C15H12N2O3/c18-13-4-2-1-3-11(13)17-15(20)10-6-5-9-8-14(19)16-12(9)7-10/h1-7,18H,8H2,(H,16,19)(H,17,20). The number of anilines is 2. The maximum atomic E-state index is 12.1. The van der Waals surface area contributed by atoms with Crippen LogP contribution in [0.1, 0.15) is 15.9 Å². The second-order valence-electron chi connectivity index (χ2n) is 4.57. The normalized spacial score (nSPS) is 12.7. The highest BCUT2D eigenvalue weighted by molar-refractivity contribution is 6.07. The summed E-state index contributed by atoms with van der Waals surface area (Å²) >= 11 is 0. The van der Waals surface area contributed by atoms with Crippen LogP contribution in [0.3, 0.4) is 0 Å². The Morgan fingerprint density at radius 1 is 1.20 bits per heavy atom. The minimum absolute atomic E-state index is 0.00955. The average molecular weight is 268 g/mol. The van der Waals surface area contributed by atoms with Crippen molar-refractivity contribution in [1.82, 2.24) is 0 Å². The third-order valence-corrected chi connectivity index (χ3v) is 3.15. The summed E-state index contributed by atoms with van der Waals surface area (Å²) < 4.78 is 0. The molecule has 5 nitrogen and oxygen atoms in total. The fourth-order valence-corrected chi connectivity index (χ4v) is 2.13. The van der Waals surface area contributed by atoms with Gasteiger partial charge in [-0.2, -0.15) is 0 Å². The molecule has 3 N–H and O–H groups in total. The van der Waals surface area contributed by atoms with E-state index in [1.807, 2.05) is 0 Å². The molecule has 0 saturated carbocycles. The van der Waals surface area contributed by atoms with Gasteiger partial charge in [0.25, 0.3) is 5.91 Å². The molecule has 0 bridgehead atoms. The molecular weight excluding hydrogens is 256 g/mol. The van der Waals surface area contributed by atoms with E-state index in [2.05, 4.69) is 10.6 Å². The zero-order chi connectivity index (χ0) is 14.1. The number of para-hydroxylation sites is 2. The Morgan fingerprint density at radius 3 is 2.80 bits per heavy atom. The van der Waals surface area contributed by atoms with Gasteiger partial charge < -0.3 is 15.7 Å². The van der Waals surface area contributed by atoms with Gasteiger partial charge in [0.15, 0.2) is 0 Å². The molecule has 20 heavy (non-hydrogen) atoms. The summed E-state index contributed by atoms with van der Waals surface area (Å²) in [4.78, 5) is 23.4. The second kappa shape index (κ2) is 4.70. The number of hydrogen-bond acceptors (Lipinski definition) is 3. The molecular formula is C15H12N2O3. The lowest BCUT2D eigenvalue weighted by atomic mass is 10.1. The van der Waals surface area contributed by atoms with E-state index in [0.717, 1.165) is 5.56 Å². The lowest BCUT2D eigenvalue weighted by Crippen LogP contribution is -2.12. The molecule has 1 aliphatic rings. The Labute approximate surface area is 115 Å². The number of benzene rings is 2. The molecule has 2 aromatic carbocycles.